The maximum Gasteiger partial charge on any atom is 0.418 e. The zero-order chi connectivity index (χ0) is 12.5. The number of benzene rings is 1. The molecule has 0 atom stereocenters. The van der Waals surface area contributed by atoms with Crippen LogP contribution in [0.15, 0.2) is 12.1 Å². The van der Waals surface area contributed by atoms with Crippen LogP contribution in [-0.2, 0) is 6.18 Å². The number of halogens is 6. The van der Waals surface area contributed by atoms with Crippen molar-refractivity contribution < 1.29 is 18.0 Å². The molecule has 0 spiro atoms. The zero-order valence-electron chi connectivity index (χ0n) is 7.54. The van der Waals surface area contributed by atoms with Gasteiger partial charge in [0.15, 0.2) is 5.78 Å². The van der Waals surface area contributed by atoms with E-state index in [-0.39, 0.29) is 8.59 Å². The number of hydrogen-bond donors (Lipinski definition) is 0. The van der Waals surface area contributed by atoms with Crippen LogP contribution in [0.2, 0.25) is 5.02 Å². The molecule has 0 heterocycles. The number of rotatable bonds is 2. The summed E-state index contributed by atoms with van der Waals surface area (Å²) in [7, 11) is 0. The van der Waals surface area contributed by atoms with Crippen LogP contribution in [-0.4, -0.2) is 11.7 Å². The van der Waals surface area contributed by atoms with Gasteiger partial charge in [-0.1, -0.05) is 11.6 Å². The lowest BCUT2D eigenvalue weighted by Gasteiger charge is -2.14. The monoisotopic (exact) mass is 382 g/mol. The molecule has 0 radical (unpaired) electrons. The van der Waals surface area contributed by atoms with Gasteiger partial charge in [-0.2, -0.15) is 13.2 Å². The van der Waals surface area contributed by atoms with Crippen molar-refractivity contribution in [2.24, 2.45) is 0 Å². The van der Waals surface area contributed by atoms with Crippen molar-refractivity contribution in [1.29, 1.82) is 0 Å². The van der Waals surface area contributed by atoms with Gasteiger partial charge in [0.2, 0.25) is 0 Å². The minimum atomic E-state index is -4.63. The lowest BCUT2D eigenvalue weighted by Crippen LogP contribution is -2.16. The molecule has 0 amide bonds. The third-order valence-corrected chi connectivity index (χ3v) is 3.80. The first-order valence-electron chi connectivity index (χ1n) is 3.93. The fourth-order valence-electron chi connectivity index (χ4n) is 1.13. The molecule has 0 aliphatic heterocycles. The number of hydrogen-bond acceptors (Lipinski definition) is 1. The minimum Gasteiger partial charge on any atom is -0.293 e. The van der Waals surface area contributed by atoms with Crippen molar-refractivity contribution in [3.8, 4) is 0 Å². The molecule has 7 heteroatoms. The highest BCUT2D eigenvalue weighted by Crippen LogP contribution is 2.38. The Bertz CT molecular complexity index is 431. The van der Waals surface area contributed by atoms with Crippen LogP contribution in [0.1, 0.15) is 15.9 Å². The Labute approximate surface area is 113 Å². The van der Waals surface area contributed by atoms with Crippen molar-refractivity contribution in [1.82, 2.24) is 0 Å². The Morgan fingerprint density at radius 1 is 1.38 bits per heavy atom. The molecular formula is C9H4Cl2F3IO. The van der Waals surface area contributed by atoms with E-state index in [0.29, 0.717) is 0 Å². The molecule has 0 saturated heterocycles. The Hall–Kier alpha value is -0.0100. The molecule has 0 aliphatic rings. The summed E-state index contributed by atoms with van der Waals surface area (Å²) in [6.45, 7) is 0. The summed E-state index contributed by atoms with van der Waals surface area (Å²) in [5.41, 5.74) is -1.47. The molecule has 0 aliphatic carbocycles. The number of carbonyl (C=O) groups is 1. The molecule has 1 aromatic carbocycles. The summed E-state index contributed by atoms with van der Waals surface area (Å²) < 4.78 is 38.0. The maximum atomic E-state index is 12.7. The van der Waals surface area contributed by atoms with Crippen molar-refractivity contribution in [3.63, 3.8) is 0 Å². The molecule has 88 valence electrons. The second-order valence-electron chi connectivity index (χ2n) is 2.84. The van der Waals surface area contributed by atoms with Crippen LogP contribution in [0, 0.1) is 3.57 Å². The number of Topliss-reactive ketones (excluding diaryl/α,β-unsaturated/α-hetero) is 1. The normalized spacial score (nSPS) is 11.6. The highest BCUT2D eigenvalue weighted by Gasteiger charge is 2.38. The summed E-state index contributed by atoms with van der Waals surface area (Å²) in [5.74, 6) is -1.27. The van der Waals surface area contributed by atoms with E-state index in [0.717, 1.165) is 6.07 Å². The standard InChI is InChI=1S/C9H4Cl2F3IO/c10-3-6(16)4-1-2-5(11)8(15)7(4)9(12,13)14/h1-2H,3H2. The third kappa shape index (κ3) is 2.81. The van der Waals surface area contributed by atoms with Crippen LogP contribution >= 0.6 is 45.8 Å². The molecule has 0 N–H and O–H groups in total. The zero-order valence-corrected chi connectivity index (χ0v) is 11.2. The summed E-state index contributed by atoms with van der Waals surface area (Å²) in [4.78, 5) is 11.3. The van der Waals surface area contributed by atoms with Gasteiger partial charge in [0.1, 0.15) is 0 Å². The van der Waals surface area contributed by atoms with Gasteiger partial charge in [-0.05, 0) is 34.7 Å². The Balaban J connectivity index is 3.52. The van der Waals surface area contributed by atoms with Gasteiger partial charge in [0.05, 0.1) is 16.5 Å². The van der Waals surface area contributed by atoms with Crippen LogP contribution in [0.3, 0.4) is 0 Å². The van der Waals surface area contributed by atoms with Gasteiger partial charge < -0.3 is 0 Å². The van der Waals surface area contributed by atoms with E-state index in [2.05, 4.69) is 0 Å². The first kappa shape index (κ1) is 14.1. The highest BCUT2D eigenvalue weighted by molar-refractivity contribution is 14.1. The Morgan fingerprint density at radius 2 is 1.94 bits per heavy atom. The Kier molecular flexibility index (Phi) is 4.48. The smallest absolute Gasteiger partial charge is 0.293 e. The van der Waals surface area contributed by atoms with Gasteiger partial charge in [0.25, 0.3) is 0 Å². The molecule has 16 heavy (non-hydrogen) atoms. The van der Waals surface area contributed by atoms with Crippen LogP contribution < -0.4 is 0 Å². The summed E-state index contributed by atoms with van der Waals surface area (Å²) in [6.07, 6.45) is -4.63. The van der Waals surface area contributed by atoms with Gasteiger partial charge in [0, 0.05) is 9.13 Å². The maximum absolute atomic E-state index is 12.7. The molecule has 0 fully saturated rings. The molecule has 0 aromatic heterocycles. The number of carbonyl (C=O) groups excluding carboxylic acids is 1. The molecule has 1 rings (SSSR count). The number of alkyl halides is 4. The van der Waals surface area contributed by atoms with E-state index in [1.165, 1.54) is 28.7 Å². The molecule has 0 bridgehead atoms. The van der Waals surface area contributed by atoms with Crippen LogP contribution in [0.25, 0.3) is 0 Å². The SMILES string of the molecule is O=C(CCl)c1ccc(Cl)c(I)c1C(F)(F)F. The molecule has 1 aromatic rings. The summed E-state index contributed by atoms with van der Waals surface area (Å²) >= 11 is 12.3. The van der Waals surface area contributed by atoms with E-state index in [1.54, 1.807) is 0 Å². The predicted octanol–water partition coefficient (Wildman–Crippen LogP) is 4.38. The van der Waals surface area contributed by atoms with E-state index < -0.39 is 29.0 Å². The summed E-state index contributed by atoms with van der Waals surface area (Å²) in [5, 5.41) is -0.0425. The van der Waals surface area contributed by atoms with E-state index >= 15 is 0 Å². The second kappa shape index (κ2) is 5.10. The molecular weight excluding hydrogens is 379 g/mol. The fourth-order valence-corrected chi connectivity index (χ4v) is 2.21. The third-order valence-electron chi connectivity index (χ3n) is 1.80. The predicted molar refractivity (Wildman–Crippen MR) is 64.2 cm³/mol. The molecule has 0 unspecified atom stereocenters. The second-order valence-corrected chi connectivity index (χ2v) is 4.59. The average Bonchev–Trinajstić information content (AvgIpc) is 2.18. The topological polar surface area (TPSA) is 17.1 Å². The van der Waals surface area contributed by atoms with Gasteiger partial charge >= 0.3 is 6.18 Å². The van der Waals surface area contributed by atoms with Crippen molar-refractivity contribution in [3.05, 3.63) is 31.9 Å². The van der Waals surface area contributed by atoms with E-state index in [1.807, 2.05) is 0 Å². The van der Waals surface area contributed by atoms with Gasteiger partial charge in [-0.15, -0.1) is 11.6 Å². The van der Waals surface area contributed by atoms with Gasteiger partial charge in [-0.3, -0.25) is 4.79 Å². The lowest BCUT2D eigenvalue weighted by atomic mass is 10.0. The lowest BCUT2D eigenvalue weighted by molar-refractivity contribution is -0.138. The van der Waals surface area contributed by atoms with Crippen molar-refractivity contribution in [2.45, 2.75) is 6.18 Å². The molecule has 0 saturated carbocycles. The Morgan fingerprint density at radius 3 is 2.38 bits per heavy atom. The van der Waals surface area contributed by atoms with Crippen molar-refractivity contribution in [2.75, 3.05) is 5.88 Å². The van der Waals surface area contributed by atoms with E-state index in [9.17, 15) is 18.0 Å². The molecule has 1 nitrogen and oxygen atoms in total. The summed E-state index contributed by atoms with van der Waals surface area (Å²) in [6, 6.07) is 2.29. The van der Waals surface area contributed by atoms with Gasteiger partial charge in [-0.25, -0.2) is 0 Å². The number of ketones is 1. The average molecular weight is 383 g/mol. The first-order valence-corrected chi connectivity index (χ1v) is 5.92. The highest BCUT2D eigenvalue weighted by atomic mass is 127. The first-order chi connectivity index (χ1) is 7.29. The van der Waals surface area contributed by atoms with Crippen molar-refractivity contribution >= 4 is 51.6 Å². The minimum absolute atomic E-state index is 0.0425. The quantitative estimate of drug-likeness (QED) is 0.421. The largest absolute Gasteiger partial charge is 0.418 e. The fraction of sp³-hybridized carbons (Fsp3) is 0.222. The van der Waals surface area contributed by atoms with E-state index in [4.69, 9.17) is 23.2 Å². The van der Waals surface area contributed by atoms with Crippen LogP contribution in [0.5, 0.6) is 0 Å². The van der Waals surface area contributed by atoms with Crippen LogP contribution in [0.4, 0.5) is 13.2 Å².